The molecule has 54 heavy (non-hydrogen) atoms. The molecule has 4 amide bonds. The molecule has 5 aromatic rings. The lowest BCUT2D eigenvalue weighted by molar-refractivity contribution is -0.117. The Morgan fingerprint density at radius 3 is 1.24 bits per heavy atom. The van der Waals surface area contributed by atoms with Gasteiger partial charge in [-0.3, -0.25) is 19.2 Å². The first-order chi connectivity index (χ1) is 26.4. The summed E-state index contributed by atoms with van der Waals surface area (Å²) in [5, 5.41) is 12.7. The molecule has 7 rings (SSSR count). The largest absolute Gasteiger partial charge is 0.311 e. The van der Waals surface area contributed by atoms with Crippen LogP contribution in [0.15, 0.2) is 72.8 Å². The number of anilines is 4. The van der Waals surface area contributed by atoms with E-state index in [1.54, 1.807) is 60.7 Å². The van der Waals surface area contributed by atoms with Crippen molar-refractivity contribution < 1.29 is 19.2 Å². The van der Waals surface area contributed by atoms with Crippen molar-refractivity contribution in [1.29, 1.82) is 0 Å². The number of fused-ring (bicyclic) bond motifs is 3. The lowest BCUT2D eigenvalue weighted by Gasteiger charge is -2.25. The Morgan fingerprint density at radius 1 is 0.463 bits per heavy atom. The topological polar surface area (TPSA) is 174 Å². The van der Waals surface area contributed by atoms with Gasteiger partial charge in [-0.25, -0.2) is 19.9 Å². The fourth-order valence-corrected chi connectivity index (χ4v) is 6.83. The summed E-state index contributed by atoms with van der Waals surface area (Å²) >= 11 is 0. The van der Waals surface area contributed by atoms with Gasteiger partial charge in [0.05, 0.1) is 11.0 Å². The number of pyridine rings is 4. The van der Waals surface area contributed by atoms with Crippen molar-refractivity contribution >= 4 is 68.7 Å². The number of aromatic nitrogens is 4. The zero-order valence-electron chi connectivity index (χ0n) is 30.1. The van der Waals surface area contributed by atoms with Gasteiger partial charge < -0.3 is 31.1 Å². The summed E-state index contributed by atoms with van der Waals surface area (Å²) in [5.41, 5.74) is 1.15. The summed E-state index contributed by atoms with van der Waals surface area (Å²) in [4.78, 5) is 74.6. The van der Waals surface area contributed by atoms with Crippen molar-refractivity contribution in [2.75, 3.05) is 60.5 Å². The summed E-state index contributed by atoms with van der Waals surface area (Å²) < 4.78 is 0. The molecule has 2 aliphatic rings. The van der Waals surface area contributed by atoms with Gasteiger partial charge in [0, 0.05) is 36.7 Å². The number of carbonyl (C=O) groups is 4. The van der Waals surface area contributed by atoms with E-state index in [9.17, 15) is 19.2 Å². The fraction of sp³-hybridized carbons (Fsp3) is 0.350. The number of amides is 4. The van der Waals surface area contributed by atoms with Gasteiger partial charge in [-0.15, -0.1) is 0 Å². The zero-order valence-corrected chi connectivity index (χ0v) is 30.1. The molecule has 0 saturated carbocycles. The molecule has 2 saturated heterocycles. The highest BCUT2D eigenvalue weighted by Gasteiger charge is 2.17. The molecule has 0 spiro atoms. The Kier molecular flexibility index (Phi) is 11.7. The fourth-order valence-electron chi connectivity index (χ4n) is 6.83. The van der Waals surface area contributed by atoms with Crippen molar-refractivity contribution in [2.45, 2.75) is 51.4 Å². The van der Waals surface area contributed by atoms with Gasteiger partial charge in [-0.2, -0.15) is 0 Å². The SMILES string of the molecule is O=C(CCN1CCCCC1)Nc1cccc(NC(=O)c2ccc3ccc4ccc(C(=O)Nc5cccc(NC(=O)CCN6CCCCC6)n5)nc4c3n2)n1. The molecular formula is C40H44N10O4. The quantitative estimate of drug-likeness (QED) is 0.117. The number of nitrogens with one attached hydrogen (secondary N) is 4. The van der Waals surface area contributed by atoms with Crippen LogP contribution in [0.3, 0.4) is 0 Å². The first kappa shape index (κ1) is 36.5. The molecule has 2 fully saturated rings. The van der Waals surface area contributed by atoms with Crippen LogP contribution in [-0.2, 0) is 9.59 Å². The third-order valence-corrected chi connectivity index (χ3v) is 9.71. The number of hydrogen-bond acceptors (Lipinski definition) is 10. The van der Waals surface area contributed by atoms with E-state index >= 15 is 0 Å². The smallest absolute Gasteiger partial charge is 0.275 e. The van der Waals surface area contributed by atoms with E-state index in [2.05, 4.69) is 51.0 Å². The Labute approximate surface area is 313 Å². The molecule has 1 aromatic carbocycles. The maximum Gasteiger partial charge on any atom is 0.275 e. The van der Waals surface area contributed by atoms with E-state index in [-0.39, 0.29) is 34.8 Å². The van der Waals surface area contributed by atoms with Crippen molar-refractivity contribution in [3.63, 3.8) is 0 Å². The summed E-state index contributed by atoms with van der Waals surface area (Å²) in [5.74, 6) is -0.0278. The number of carbonyl (C=O) groups excluding carboxylic acids is 4. The van der Waals surface area contributed by atoms with Crippen LogP contribution in [0, 0.1) is 0 Å². The first-order valence-electron chi connectivity index (χ1n) is 18.7. The van der Waals surface area contributed by atoms with Gasteiger partial charge in [0.1, 0.15) is 34.7 Å². The minimum absolute atomic E-state index is 0.128. The minimum atomic E-state index is -0.492. The average Bonchev–Trinajstić information content (AvgIpc) is 3.20. The normalized spacial score (nSPS) is 15.1. The zero-order chi connectivity index (χ0) is 37.3. The van der Waals surface area contributed by atoms with E-state index < -0.39 is 11.8 Å². The number of benzene rings is 1. The summed E-state index contributed by atoms with van der Waals surface area (Å²) in [6.45, 7) is 5.49. The van der Waals surface area contributed by atoms with Gasteiger partial charge in [0.25, 0.3) is 11.8 Å². The molecule has 0 aliphatic carbocycles. The van der Waals surface area contributed by atoms with E-state index in [1.807, 2.05) is 12.1 Å². The van der Waals surface area contributed by atoms with E-state index in [0.29, 0.717) is 48.6 Å². The van der Waals surface area contributed by atoms with Crippen LogP contribution in [0.25, 0.3) is 21.8 Å². The number of likely N-dealkylation sites (tertiary alicyclic amines) is 2. The Morgan fingerprint density at radius 2 is 0.833 bits per heavy atom. The maximum absolute atomic E-state index is 13.4. The van der Waals surface area contributed by atoms with E-state index in [0.717, 1.165) is 37.0 Å². The molecular weight excluding hydrogens is 685 g/mol. The molecule has 14 heteroatoms. The Balaban J connectivity index is 0.997. The molecule has 4 aromatic heterocycles. The Bertz CT molecular complexity index is 2010. The van der Waals surface area contributed by atoms with Crippen LogP contribution in [0.1, 0.15) is 72.3 Å². The Hall–Kier alpha value is -5.86. The second-order valence-electron chi connectivity index (χ2n) is 13.7. The minimum Gasteiger partial charge on any atom is -0.311 e. The number of piperidine rings is 2. The molecule has 0 atom stereocenters. The maximum atomic E-state index is 13.4. The molecule has 0 radical (unpaired) electrons. The summed E-state index contributed by atoms with van der Waals surface area (Å²) in [7, 11) is 0. The standard InChI is InChI=1S/C40H44N10O4/c51-35(19-25-49-21-3-1-4-22-49)45-31-9-7-11-33(43-31)47-39(53)29-17-15-27-13-14-28-16-18-30(42-38(28)37(27)41-29)40(54)48-34-12-8-10-32(44-34)46-36(52)20-26-50-23-5-2-6-24-50/h7-18H,1-6,19-26H2,(H2,43,45,47,51,53)(H2,44,46,48,52,54). The van der Waals surface area contributed by atoms with E-state index in [1.165, 1.54) is 38.5 Å². The van der Waals surface area contributed by atoms with Crippen LogP contribution in [0.5, 0.6) is 0 Å². The lowest BCUT2D eigenvalue weighted by Crippen LogP contribution is -2.32. The van der Waals surface area contributed by atoms with Crippen LogP contribution in [0.2, 0.25) is 0 Å². The van der Waals surface area contributed by atoms with Crippen LogP contribution < -0.4 is 21.3 Å². The van der Waals surface area contributed by atoms with Crippen molar-refractivity contribution in [3.8, 4) is 0 Å². The van der Waals surface area contributed by atoms with Gasteiger partial charge in [0.15, 0.2) is 0 Å². The molecule has 0 unspecified atom stereocenters. The second-order valence-corrected chi connectivity index (χ2v) is 13.7. The highest BCUT2D eigenvalue weighted by Crippen LogP contribution is 2.24. The molecule has 14 nitrogen and oxygen atoms in total. The average molecular weight is 729 g/mol. The highest BCUT2D eigenvalue weighted by atomic mass is 16.2. The molecule has 278 valence electrons. The molecule has 4 N–H and O–H groups in total. The predicted octanol–water partition coefficient (Wildman–Crippen LogP) is 5.71. The second kappa shape index (κ2) is 17.3. The summed E-state index contributed by atoms with van der Waals surface area (Å²) in [6.07, 6.45) is 7.88. The number of hydrogen-bond donors (Lipinski definition) is 4. The van der Waals surface area contributed by atoms with Gasteiger partial charge >= 0.3 is 0 Å². The van der Waals surface area contributed by atoms with Crippen LogP contribution in [-0.4, -0.2) is 92.6 Å². The van der Waals surface area contributed by atoms with Crippen molar-refractivity contribution in [2.24, 2.45) is 0 Å². The van der Waals surface area contributed by atoms with Crippen molar-refractivity contribution in [1.82, 2.24) is 29.7 Å². The third-order valence-electron chi connectivity index (χ3n) is 9.71. The molecule has 0 bridgehead atoms. The van der Waals surface area contributed by atoms with E-state index in [4.69, 9.17) is 0 Å². The van der Waals surface area contributed by atoms with Crippen LogP contribution >= 0.6 is 0 Å². The number of rotatable bonds is 12. The molecule has 6 heterocycles. The number of nitrogens with zero attached hydrogens (tertiary/aromatic N) is 6. The first-order valence-corrected chi connectivity index (χ1v) is 18.7. The van der Waals surface area contributed by atoms with Crippen molar-refractivity contribution in [3.05, 3.63) is 84.2 Å². The van der Waals surface area contributed by atoms with Gasteiger partial charge in [-0.1, -0.05) is 49.2 Å². The monoisotopic (exact) mass is 728 g/mol. The van der Waals surface area contributed by atoms with Gasteiger partial charge in [-0.05, 0) is 88.3 Å². The predicted molar refractivity (Wildman–Crippen MR) is 208 cm³/mol. The summed E-state index contributed by atoms with van der Waals surface area (Å²) in [6, 6.07) is 20.6. The molecule has 2 aliphatic heterocycles. The lowest BCUT2D eigenvalue weighted by atomic mass is 10.1. The highest BCUT2D eigenvalue weighted by molar-refractivity contribution is 6.09. The van der Waals surface area contributed by atoms with Crippen LogP contribution in [0.4, 0.5) is 23.3 Å². The third kappa shape index (κ3) is 9.57. The van der Waals surface area contributed by atoms with Gasteiger partial charge in [0.2, 0.25) is 11.8 Å².